The summed E-state index contributed by atoms with van der Waals surface area (Å²) in [4.78, 5) is 23.8. The van der Waals surface area contributed by atoms with Gasteiger partial charge in [-0.25, -0.2) is 0 Å². The lowest BCUT2D eigenvalue weighted by Gasteiger charge is -2.27. The zero-order chi connectivity index (χ0) is 18.9. The number of nitrogens with one attached hydrogen (secondary N) is 1. The summed E-state index contributed by atoms with van der Waals surface area (Å²) in [7, 11) is 1.61. The van der Waals surface area contributed by atoms with Gasteiger partial charge in [0.05, 0.1) is 25.6 Å². The Labute approximate surface area is 154 Å². The van der Waals surface area contributed by atoms with E-state index in [1.54, 1.807) is 7.11 Å². The molecule has 6 nitrogen and oxygen atoms in total. The number of amides is 1. The van der Waals surface area contributed by atoms with Crippen LogP contribution >= 0.6 is 0 Å². The molecule has 6 heteroatoms. The summed E-state index contributed by atoms with van der Waals surface area (Å²) in [5.74, 6) is -0.505. The van der Waals surface area contributed by atoms with Crippen LogP contribution in [0.15, 0.2) is 18.2 Å². The van der Waals surface area contributed by atoms with Crippen LogP contribution in [-0.4, -0.2) is 37.2 Å². The molecule has 2 unspecified atom stereocenters. The summed E-state index contributed by atoms with van der Waals surface area (Å²) in [6, 6.07) is 5.67. The molecular weight excluding hydrogens is 334 g/mol. The van der Waals surface area contributed by atoms with Gasteiger partial charge in [-0.2, -0.15) is 0 Å². The number of carbonyl (C=O) groups excluding carboxylic acids is 1. The molecule has 0 heterocycles. The molecule has 2 atom stereocenters. The number of carboxylic acids is 1. The van der Waals surface area contributed by atoms with Crippen molar-refractivity contribution in [2.45, 2.75) is 45.4 Å². The van der Waals surface area contributed by atoms with Crippen molar-refractivity contribution in [1.82, 2.24) is 5.32 Å². The third-order valence-electron chi connectivity index (χ3n) is 4.85. The van der Waals surface area contributed by atoms with E-state index < -0.39 is 17.8 Å². The standard InChI is InChI=1S/C20H29NO5/c1-3-12-26-18-13-15(25-2)9-8-14(18)10-11-21-19(22)16-6-4-5-7-17(16)20(23)24/h8-9,13,16-17H,3-7,10-12H2,1-2H3,(H,21,22)(H,23,24). The van der Waals surface area contributed by atoms with Crippen LogP contribution in [-0.2, 0) is 16.0 Å². The smallest absolute Gasteiger partial charge is 0.307 e. The van der Waals surface area contributed by atoms with E-state index in [2.05, 4.69) is 5.32 Å². The van der Waals surface area contributed by atoms with Gasteiger partial charge in [0.25, 0.3) is 0 Å². The third kappa shape index (κ3) is 5.38. The largest absolute Gasteiger partial charge is 0.497 e. The molecule has 0 bridgehead atoms. The highest BCUT2D eigenvalue weighted by atomic mass is 16.5. The van der Waals surface area contributed by atoms with Crippen LogP contribution in [0.4, 0.5) is 0 Å². The Kier molecular flexibility index (Phi) is 7.75. The van der Waals surface area contributed by atoms with Crippen molar-refractivity contribution >= 4 is 11.9 Å². The minimum Gasteiger partial charge on any atom is -0.497 e. The second-order valence-corrected chi connectivity index (χ2v) is 6.70. The Hall–Kier alpha value is -2.24. The fraction of sp³-hybridized carbons (Fsp3) is 0.600. The number of carbonyl (C=O) groups is 2. The second-order valence-electron chi connectivity index (χ2n) is 6.70. The van der Waals surface area contributed by atoms with E-state index in [1.807, 2.05) is 25.1 Å². The fourth-order valence-corrected chi connectivity index (χ4v) is 3.41. The lowest BCUT2D eigenvalue weighted by molar-refractivity contribution is -0.148. The van der Waals surface area contributed by atoms with Gasteiger partial charge in [-0.1, -0.05) is 25.8 Å². The van der Waals surface area contributed by atoms with Gasteiger partial charge >= 0.3 is 5.97 Å². The Morgan fingerprint density at radius 2 is 1.96 bits per heavy atom. The van der Waals surface area contributed by atoms with Crippen LogP contribution in [0.2, 0.25) is 0 Å². The molecule has 1 aliphatic carbocycles. The molecule has 0 aliphatic heterocycles. The number of hydrogen-bond acceptors (Lipinski definition) is 4. The zero-order valence-corrected chi connectivity index (χ0v) is 15.6. The third-order valence-corrected chi connectivity index (χ3v) is 4.85. The Morgan fingerprint density at radius 3 is 2.62 bits per heavy atom. The molecule has 2 rings (SSSR count). The van der Waals surface area contributed by atoms with Gasteiger partial charge in [0.1, 0.15) is 11.5 Å². The maximum Gasteiger partial charge on any atom is 0.307 e. The van der Waals surface area contributed by atoms with E-state index in [0.717, 1.165) is 36.3 Å². The molecular formula is C20H29NO5. The summed E-state index contributed by atoms with van der Waals surface area (Å²) >= 11 is 0. The molecule has 1 aromatic rings. The quantitative estimate of drug-likeness (QED) is 0.704. The van der Waals surface area contributed by atoms with Crippen LogP contribution in [0.5, 0.6) is 11.5 Å². The van der Waals surface area contributed by atoms with Crippen LogP contribution in [0.1, 0.15) is 44.6 Å². The van der Waals surface area contributed by atoms with Crippen molar-refractivity contribution in [2.24, 2.45) is 11.8 Å². The Balaban J connectivity index is 1.93. The van der Waals surface area contributed by atoms with Gasteiger partial charge in [-0.15, -0.1) is 0 Å². The predicted molar refractivity (Wildman–Crippen MR) is 98.6 cm³/mol. The molecule has 1 amide bonds. The van der Waals surface area contributed by atoms with Crippen molar-refractivity contribution in [1.29, 1.82) is 0 Å². The van der Waals surface area contributed by atoms with Crippen LogP contribution in [0.25, 0.3) is 0 Å². The van der Waals surface area contributed by atoms with Crippen molar-refractivity contribution in [3.8, 4) is 11.5 Å². The van der Waals surface area contributed by atoms with Gasteiger partial charge < -0.3 is 19.9 Å². The van der Waals surface area contributed by atoms with Crippen LogP contribution < -0.4 is 14.8 Å². The number of aliphatic carboxylic acids is 1. The van der Waals surface area contributed by atoms with Gasteiger partial charge in [0.2, 0.25) is 5.91 Å². The number of methoxy groups -OCH3 is 1. The molecule has 1 saturated carbocycles. The minimum absolute atomic E-state index is 0.151. The number of ether oxygens (including phenoxy) is 2. The normalized spacial score (nSPS) is 19.6. The van der Waals surface area contributed by atoms with Crippen LogP contribution in [0, 0.1) is 11.8 Å². The summed E-state index contributed by atoms with van der Waals surface area (Å²) in [5.41, 5.74) is 0.998. The number of carboxylic acid groups (broad SMARTS) is 1. The number of benzene rings is 1. The molecule has 1 fully saturated rings. The molecule has 1 aliphatic rings. The summed E-state index contributed by atoms with van der Waals surface area (Å²) in [5, 5.41) is 12.2. The van der Waals surface area contributed by atoms with E-state index >= 15 is 0 Å². The van der Waals surface area contributed by atoms with E-state index in [-0.39, 0.29) is 5.91 Å². The van der Waals surface area contributed by atoms with Crippen molar-refractivity contribution < 1.29 is 24.2 Å². The number of rotatable bonds is 9. The minimum atomic E-state index is -0.866. The van der Waals surface area contributed by atoms with E-state index in [9.17, 15) is 14.7 Å². The molecule has 1 aromatic carbocycles. The van der Waals surface area contributed by atoms with Crippen molar-refractivity contribution in [3.63, 3.8) is 0 Å². The maximum atomic E-state index is 12.4. The first kappa shape index (κ1) is 20.1. The lowest BCUT2D eigenvalue weighted by atomic mass is 9.78. The highest BCUT2D eigenvalue weighted by Gasteiger charge is 2.35. The van der Waals surface area contributed by atoms with E-state index in [1.165, 1.54) is 0 Å². The average Bonchev–Trinajstić information content (AvgIpc) is 2.66. The zero-order valence-electron chi connectivity index (χ0n) is 15.6. The molecule has 0 aromatic heterocycles. The monoisotopic (exact) mass is 363 g/mol. The molecule has 0 radical (unpaired) electrons. The van der Waals surface area contributed by atoms with Crippen molar-refractivity contribution in [3.05, 3.63) is 23.8 Å². The van der Waals surface area contributed by atoms with Gasteiger partial charge in [0, 0.05) is 12.6 Å². The molecule has 2 N–H and O–H groups in total. The predicted octanol–water partition coefficient (Wildman–Crippen LogP) is 3.03. The van der Waals surface area contributed by atoms with Crippen LogP contribution in [0.3, 0.4) is 0 Å². The fourth-order valence-electron chi connectivity index (χ4n) is 3.41. The summed E-state index contributed by atoms with van der Waals surface area (Å²) < 4.78 is 11.0. The number of hydrogen-bond donors (Lipinski definition) is 2. The highest BCUT2D eigenvalue weighted by molar-refractivity contribution is 5.84. The first-order chi connectivity index (χ1) is 12.6. The van der Waals surface area contributed by atoms with E-state index in [4.69, 9.17) is 9.47 Å². The summed E-state index contributed by atoms with van der Waals surface area (Å²) in [6.45, 7) is 3.12. The lowest BCUT2D eigenvalue weighted by Crippen LogP contribution is -2.40. The first-order valence-corrected chi connectivity index (χ1v) is 9.37. The summed E-state index contributed by atoms with van der Waals surface area (Å²) in [6.07, 6.45) is 4.56. The van der Waals surface area contributed by atoms with Gasteiger partial charge in [-0.05, 0) is 37.3 Å². The topological polar surface area (TPSA) is 84.9 Å². The molecule has 144 valence electrons. The molecule has 0 spiro atoms. The molecule has 0 saturated heterocycles. The maximum absolute atomic E-state index is 12.4. The second kappa shape index (κ2) is 10.0. The van der Waals surface area contributed by atoms with E-state index in [0.29, 0.717) is 32.4 Å². The first-order valence-electron chi connectivity index (χ1n) is 9.37. The van der Waals surface area contributed by atoms with Crippen molar-refractivity contribution in [2.75, 3.05) is 20.3 Å². The average molecular weight is 363 g/mol. The van der Waals surface area contributed by atoms with Gasteiger partial charge in [0.15, 0.2) is 0 Å². The van der Waals surface area contributed by atoms with Gasteiger partial charge in [-0.3, -0.25) is 9.59 Å². The molecule has 26 heavy (non-hydrogen) atoms. The highest BCUT2D eigenvalue weighted by Crippen LogP contribution is 2.30. The Bertz CT molecular complexity index is 616. The SMILES string of the molecule is CCCOc1cc(OC)ccc1CCNC(=O)C1CCCCC1C(=O)O. The Morgan fingerprint density at radius 1 is 1.23 bits per heavy atom.